The van der Waals surface area contributed by atoms with Gasteiger partial charge in [0.1, 0.15) is 0 Å². The molecule has 0 aromatic rings. The molecule has 0 saturated carbocycles. The van der Waals surface area contributed by atoms with E-state index >= 15 is 0 Å². The van der Waals surface area contributed by atoms with Crippen LogP contribution in [0.3, 0.4) is 0 Å². The summed E-state index contributed by atoms with van der Waals surface area (Å²) in [6.07, 6.45) is 5.91. The van der Waals surface area contributed by atoms with Gasteiger partial charge < -0.3 is 15.4 Å². The highest BCUT2D eigenvalue weighted by Crippen LogP contribution is 2.07. The van der Waals surface area contributed by atoms with E-state index < -0.39 is 0 Å². The van der Waals surface area contributed by atoms with Crippen LogP contribution in [-0.4, -0.2) is 39.3 Å². The van der Waals surface area contributed by atoms with Crippen molar-refractivity contribution in [2.24, 2.45) is 10.9 Å². The van der Waals surface area contributed by atoms with E-state index in [0.717, 1.165) is 38.6 Å². The van der Waals surface area contributed by atoms with Crippen LogP contribution in [0, 0.1) is 5.92 Å². The zero-order chi connectivity index (χ0) is 14.3. The van der Waals surface area contributed by atoms with Crippen molar-refractivity contribution < 1.29 is 4.74 Å². The molecule has 0 fully saturated rings. The van der Waals surface area contributed by atoms with Crippen molar-refractivity contribution >= 4 is 5.96 Å². The number of nitrogens with one attached hydrogen (secondary N) is 2. The third kappa shape index (κ3) is 10.8. The molecule has 0 spiro atoms. The smallest absolute Gasteiger partial charge is 0.191 e. The summed E-state index contributed by atoms with van der Waals surface area (Å²) in [7, 11) is 1.76. The highest BCUT2D eigenvalue weighted by atomic mass is 16.5. The van der Waals surface area contributed by atoms with Gasteiger partial charge in [-0.15, -0.1) is 0 Å². The Bertz CT molecular complexity index is 215. The van der Waals surface area contributed by atoms with E-state index in [1.807, 2.05) is 0 Å². The summed E-state index contributed by atoms with van der Waals surface area (Å²) in [5.41, 5.74) is 0. The van der Waals surface area contributed by atoms with Gasteiger partial charge in [-0.25, -0.2) is 0 Å². The normalized spacial score (nSPS) is 11.9. The number of methoxy groups -OCH3 is 1. The molecule has 0 heterocycles. The molecule has 4 nitrogen and oxygen atoms in total. The first kappa shape index (κ1) is 18.2. The molecule has 19 heavy (non-hydrogen) atoms. The van der Waals surface area contributed by atoms with E-state index in [9.17, 15) is 0 Å². The van der Waals surface area contributed by atoms with Crippen molar-refractivity contribution in [3.05, 3.63) is 0 Å². The van der Waals surface area contributed by atoms with Crippen molar-refractivity contribution in [1.82, 2.24) is 10.6 Å². The molecule has 0 aliphatic heterocycles. The molecule has 0 amide bonds. The number of hydrogen-bond donors (Lipinski definition) is 2. The Morgan fingerprint density at radius 3 is 2.37 bits per heavy atom. The van der Waals surface area contributed by atoms with Gasteiger partial charge in [0.15, 0.2) is 5.96 Å². The fraction of sp³-hybridized carbons (Fsp3) is 0.933. The minimum absolute atomic E-state index is 0.706. The number of hydrogen-bond acceptors (Lipinski definition) is 2. The third-order valence-electron chi connectivity index (χ3n) is 3.32. The van der Waals surface area contributed by atoms with Crippen molar-refractivity contribution in [3.8, 4) is 0 Å². The van der Waals surface area contributed by atoms with Crippen LogP contribution in [0.15, 0.2) is 4.99 Å². The second kappa shape index (κ2) is 13.7. The molecule has 4 heteroatoms. The number of unbranched alkanes of at least 4 members (excludes halogenated alkanes) is 2. The van der Waals surface area contributed by atoms with Crippen LogP contribution in [0.25, 0.3) is 0 Å². The van der Waals surface area contributed by atoms with Crippen molar-refractivity contribution in [3.63, 3.8) is 0 Å². The van der Waals surface area contributed by atoms with Gasteiger partial charge in [-0.3, -0.25) is 4.99 Å². The molecular weight excluding hydrogens is 238 g/mol. The molecule has 0 aromatic heterocycles. The lowest BCUT2D eigenvalue weighted by molar-refractivity contribution is 0.192. The van der Waals surface area contributed by atoms with Gasteiger partial charge in [0.25, 0.3) is 0 Å². The molecule has 0 saturated heterocycles. The summed E-state index contributed by atoms with van der Waals surface area (Å²) in [5, 5.41) is 6.70. The second-order valence-electron chi connectivity index (χ2n) is 4.88. The molecule has 2 N–H and O–H groups in total. The number of rotatable bonds is 11. The maximum atomic E-state index is 5.04. The average Bonchev–Trinajstić information content (AvgIpc) is 2.43. The van der Waals surface area contributed by atoms with E-state index in [1.165, 1.54) is 25.7 Å². The molecule has 0 aromatic carbocycles. The average molecular weight is 271 g/mol. The Labute approximate surface area is 119 Å². The van der Waals surface area contributed by atoms with Gasteiger partial charge in [-0.1, -0.05) is 26.7 Å². The molecule has 0 atom stereocenters. The number of ether oxygens (including phenoxy) is 1. The highest BCUT2D eigenvalue weighted by molar-refractivity contribution is 5.79. The van der Waals surface area contributed by atoms with Gasteiger partial charge in [-0.05, 0) is 32.1 Å². The molecule has 0 aliphatic carbocycles. The lowest BCUT2D eigenvalue weighted by atomic mass is 10.0. The first-order valence-electron chi connectivity index (χ1n) is 7.79. The monoisotopic (exact) mass is 271 g/mol. The quantitative estimate of drug-likeness (QED) is 0.345. The fourth-order valence-corrected chi connectivity index (χ4v) is 1.86. The first-order valence-corrected chi connectivity index (χ1v) is 7.79. The molecule has 0 radical (unpaired) electrons. The van der Waals surface area contributed by atoms with Crippen LogP contribution >= 0.6 is 0 Å². The van der Waals surface area contributed by atoms with Crippen molar-refractivity contribution in [2.75, 3.05) is 33.4 Å². The predicted molar refractivity (Wildman–Crippen MR) is 83.8 cm³/mol. The Kier molecular flexibility index (Phi) is 13.1. The molecule has 0 unspecified atom stereocenters. The fourth-order valence-electron chi connectivity index (χ4n) is 1.86. The maximum absolute atomic E-state index is 5.04. The summed E-state index contributed by atoms with van der Waals surface area (Å²) in [4.78, 5) is 4.66. The number of guanidine groups is 1. The first-order chi connectivity index (χ1) is 9.28. The van der Waals surface area contributed by atoms with Crippen LogP contribution in [0.4, 0.5) is 0 Å². The van der Waals surface area contributed by atoms with Crippen molar-refractivity contribution in [2.45, 2.75) is 52.9 Å². The van der Waals surface area contributed by atoms with Crippen LogP contribution in [0.1, 0.15) is 52.9 Å². The highest BCUT2D eigenvalue weighted by Gasteiger charge is 2.03. The minimum atomic E-state index is 0.706. The molecule has 0 rings (SSSR count). The van der Waals surface area contributed by atoms with Crippen LogP contribution in [0.5, 0.6) is 0 Å². The van der Waals surface area contributed by atoms with E-state index in [2.05, 4.69) is 36.4 Å². The summed E-state index contributed by atoms with van der Waals surface area (Å²) < 4.78 is 5.04. The summed E-state index contributed by atoms with van der Waals surface area (Å²) in [6.45, 7) is 10.3. The van der Waals surface area contributed by atoms with Gasteiger partial charge >= 0.3 is 0 Å². The Hall–Kier alpha value is -0.770. The maximum Gasteiger partial charge on any atom is 0.191 e. The van der Waals surface area contributed by atoms with E-state index in [0.29, 0.717) is 5.92 Å². The van der Waals surface area contributed by atoms with Crippen LogP contribution in [-0.2, 0) is 4.74 Å². The summed E-state index contributed by atoms with van der Waals surface area (Å²) in [5.74, 6) is 1.67. The SMILES string of the molecule is CCNC(=NCC(CC)CC)NCCCCCOC. The predicted octanol–water partition coefficient (Wildman–Crippen LogP) is 2.79. The largest absolute Gasteiger partial charge is 0.385 e. The minimum Gasteiger partial charge on any atom is -0.385 e. The van der Waals surface area contributed by atoms with E-state index in [-0.39, 0.29) is 0 Å². The zero-order valence-corrected chi connectivity index (χ0v) is 13.3. The number of nitrogens with zero attached hydrogens (tertiary/aromatic N) is 1. The summed E-state index contributed by atoms with van der Waals surface area (Å²) >= 11 is 0. The standard InChI is InChI=1S/C15H33N3O/c1-5-14(6-2)13-18-15(16-7-3)17-11-9-8-10-12-19-4/h14H,5-13H2,1-4H3,(H2,16,17,18). The Morgan fingerprint density at radius 2 is 1.79 bits per heavy atom. The van der Waals surface area contributed by atoms with Crippen LogP contribution < -0.4 is 10.6 Å². The van der Waals surface area contributed by atoms with E-state index in [1.54, 1.807) is 7.11 Å². The molecule has 0 bridgehead atoms. The third-order valence-corrected chi connectivity index (χ3v) is 3.32. The molecule has 0 aliphatic rings. The topological polar surface area (TPSA) is 45.7 Å². The number of aliphatic imine (C=N–C) groups is 1. The van der Waals surface area contributed by atoms with Gasteiger partial charge in [0.05, 0.1) is 0 Å². The van der Waals surface area contributed by atoms with Gasteiger partial charge in [0, 0.05) is 33.4 Å². The summed E-state index contributed by atoms with van der Waals surface area (Å²) in [6, 6.07) is 0. The Balaban J connectivity index is 3.86. The molecule has 114 valence electrons. The second-order valence-corrected chi connectivity index (χ2v) is 4.88. The molecular formula is C15H33N3O. The van der Waals surface area contributed by atoms with Crippen molar-refractivity contribution in [1.29, 1.82) is 0 Å². The Morgan fingerprint density at radius 1 is 1.05 bits per heavy atom. The lowest BCUT2D eigenvalue weighted by Crippen LogP contribution is -2.38. The zero-order valence-electron chi connectivity index (χ0n) is 13.3. The van der Waals surface area contributed by atoms with E-state index in [4.69, 9.17) is 4.74 Å². The van der Waals surface area contributed by atoms with Gasteiger partial charge in [0.2, 0.25) is 0 Å². The van der Waals surface area contributed by atoms with Gasteiger partial charge in [-0.2, -0.15) is 0 Å². The van der Waals surface area contributed by atoms with Crippen LogP contribution in [0.2, 0.25) is 0 Å². The lowest BCUT2D eigenvalue weighted by Gasteiger charge is -2.13.